The van der Waals surface area contributed by atoms with E-state index in [1.807, 2.05) is 6.79 Å². The van der Waals surface area contributed by atoms with E-state index in [1.54, 1.807) is 0 Å². The Hall–Kier alpha value is -0.810. The van der Waals surface area contributed by atoms with E-state index in [4.69, 9.17) is 4.79 Å². The van der Waals surface area contributed by atoms with Crippen LogP contribution >= 0.6 is 0 Å². The van der Waals surface area contributed by atoms with E-state index in [-0.39, 0.29) is 0 Å². The molecule has 3 aliphatic rings. The molecule has 1 aliphatic carbocycles. The Kier molecular flexibility index (Phi) is 4.61. The number of terminal acetylenes is 1. The van der Waals surface area contributed by atoms with Gasteiger partial charge in [0.05, 0.1) is 0 Å². The van der Waals surface area contributed by atoms with Gasteiger partial charge in [0.25, 0.3) is 0 Å². The van der Waals surface area contributed by atoms with E-state index >= 15 is 0 Å². The van der Waals surface area contributed by atoms with Crippen molar-refractivity contribution in [3.63, 3.8) is 0 Å². The highest BCUT2D eigenvalue weighted by molar-refractivity contribution is 5.10. The van der Waals surface area contributed by atoms with E-state index in [1.165, 1.54) is 19.3 Å². The van der Waals surface area contributed by atoms with Crippen LogP contribution in [-0.4, -0.2) is 18.9 Å². The lowest BCUT2D eigenvalue weighted by atomic mass is 10.1. The third kappa shape index (κ3) is 1.85. The molecule has 0 spiro atoms. The Morgan fingerprint density at radius 3 is 1.60 bits per heavy atom. The van der Waals surface area contributed by atoms with Gasteiger partial charge in [0.1, 0.15) is 6.79 Å². The van der Waals surface area contributed by atoms with Gasteiger partial charge in [0, 0.05) is 12.1 Å². The van der Waals surface area contributed by atoms with Crippen LogP contribution in [0.15, 0.2) is 0 Å². The van der Waals surface area contributed by atoms with Gasteiger partial charge in [-0.25, -0.2) is 0 Å². The van der Waals surface area contributed by atoms with Crippen molar-refractivity contribution in [2.45, 2.75) is 31.3 Å². The molecule has 0 aromatic heterocycles. The number of carbonyl (C=O) groups is 1. The smallest absolute Gasteiger partial charge is 0.106 e. The number of carbonyl (C=O) groups excluding carboxylic acids is 1. The summed E-state index contributed by atoms with van der Waals surface area (Å²) in [4.78, 5) is 8.00. The molecule has 2 nitrogen and oxygen atoms in total. The highest BCUT2D eigenvalue weighted by atomic mass is 16.1. The molecule has 2 aliphatic heterocycles. The minimum Gasteiger partial charge on any atom is -0.311 e. The Labute approximate surface area is 62.0 Å². The van der Waals surface area contributed by atoms with Gasteiger partial charge < -0.3 is 10.1 Å². The van der Waals surface area contributed by atoms with Crippen LogP contribution < -0.4 is 5.32 Å². The SMILES string of the molecule is C#C.C1C[C@H]2C[C@@H]1N2.C=O. The van der Waals surface area contributed by atoms with Crippen molar-refractivity contribution in [1.82, 2.24) is 5.32 Å². The lowest BCUT2D eigenvalue weighted by molar-refractivity contribution is -0.0979. The summed E-state index contributed by atoms with van der Waals surface area (Å²) in [5.74, 6) is 0. The molecule has 0 unspecified atom stereocenters. The summed E-state index contributed by atoms with van der Waals surface area (Å²) in [7, 11) is 0. The fourth-order valence-electron chi connectivity index (χ4n) is 1.46. The topological polar surface area (TPSA) is 29.1 Å². The molecular weight excluding hydrogens is 126 g/mol. The number of rotatable bonds is 0. The van der Waals surface area contributed by atoms with E-state index in [2.05, 4.69) is 18.2 Å². The molecule has 3 fully saturated rings. The lowest BCUT2D eigenvalue weighted by Crippen LogP contribution is -2.43. The number of hydrogen-bond donors (Lipinski definition) is 1. The van der Waals surface area contributed by atoms with Gasteiger partial charge in [-0.05, 0) is 19.3 Å². The standard InChI is InChI=1S/C5H9N.C2H2.CH2O/c1-2-5-3-4(1)6-5;2*1-2/h4-6H,1-3H2;1-2H;1H2/t4-,5+;;. The zero-order chi connectivity index (χ0) is 7.98. The summed E-state index contributed by atoms with van der Waals surface area (Å²) < 4.78 is 0. The molecule has 2 saturated heterocycles. The van der Waals surface area contributed by atoms with Crippen molar-refractivity contribution < 1.29 is 4.79 Å². The van der Waals surface area contributed by atoms with Gasteiger partial charge in [-0.1, -0.05) is 0 Å². The number of fused-ring (bicyclic) bond motifs is 1. The molecule has 2 heterocycles. The van der Waals surface area contributed by atoms with E-state index in [0.717, 1.165) is 12.1 Å². The summed E-state index contributed by atoms with van der Waals surface area (Å²) in [5.41, 5.74) is 0. The predicted molar refractivity (Wildman–Crippen MR) is 41.6 cm³/mol. The van der Waals surface area contributed by atoms with Crippen LogP contribution in [0, 0.1) is 12.8 Å². The first kappa shape index (κ1) is 9.19. The molecule has 0 radical (unpaired) electrons. The molecule has 56 valence electrons. The van der Waals surface area contributed by atoms with Crippen LogP contribution in [0.25, 0.3) is 0 Å². The van der Waals surface area contributed by atoms with Crippen LogP contribution in [-0.2, 0) is 4.79 Å². The van der Waals surface area contributed by atoms with Crippen LogP contribution in [0.1, 0.15) is 19.3 Å². The maximum Gasteiger partial charge on any atom is 0.106 e. The second kappa shape index (κ2) is 5.01. The number of hydrogen-bond acceptors (Lipinski definition) is 2. The second-order valence-electron chi connectivity index (χ2n) is 2.37. The first-order valence-electron chi connectivity index (χ1n) is 3.33. The van der Waals surface area contributed by atoms with Gasteiger partial charge in [0.2, 0.25) is 0 Å². The highest BCUT2D eigenvalue weighted by Gasteiger charge is 2.34. The van der Waals surface area contributed by atoms with Crippen LogP contribution in [0.4, 0.5) is 0 Å². The predicted octanol–water partition coefficient (Wildman–Crippen LogP) is 0.575. The monoisotopic (exact) mass is 139 g/mol. The Morgan fingerprint density at radius 2 is 1.50 bits per heavy atom. The summed E-state index contributed by atoms with van der Waals surface area (Å²) in [6.45, 7) is 2.00. The van der Waals surface area contributed by atoms with Gasteiger partial charge in [0.15, 0.2) is 0 Å². The third-order valence-electron chi connectivity index (χ3n) is 1.90. The molecule has 0 aromatic rings. The first-order valence-corrected chi connectivity index (χ1v) is 3.33. The summed E-state index contributed by atoms with van der Waals surface area (Å²) in [6.07, 6.45) is 12.4. The van der Waals surface area contributed by atoms with Crippen molar-refractivity contribution in [2.75, 3.05) is 0 Å². The molecule has 3 rings (SSSR count). The largest absolute Gasteiger partial charge is 0.311 e. The molecule has 2 bridgehead atoms. The zero-order valence-electron chi connectivity index (χ0n) is 6.05. The summed E-state index contributed by atoms with van der Waals surface area (Å²) in [6, 6.07) is 1.88. The average Bonchev–Trinajstić information content (AvgIpc) is 2.54. The van der Waals surface area contributed by atoms with Crippen molar-refractivity contribution in [1.29, 1.82) is 0 Å². The molecular formula is C8H13NO. The maximum absolute atomic E-state index is 8.00. The molecule has 1 saturated carbocycles. The van der Waals surface area contributed by atoms with Crippen molar-refractivity contribution >= 4 is 6.79 Å². The minimum atomic E-state index is 0.940. The van der Waals surface area contributed by atoms with Gasteiger partial charge in [-0.15, -0.1) is 12.8 Å². The summed E-state index contributed by atoms with van der Waals surface area (Å²) in [5, 5.41) is 3.42. The van der Waals surface area contributed by atoms with Crippen molar-refractivity contribution in [3.05, 3.63) is 0 Å². The van der Waals surface area contributed by atoms with Crippen LogP contribution in [0.2, 0.25) is 0 Å². The fraction of sp³-hybridized carbons (Fsp3) is 0.625. The molecule has 10 heavy (non-hydrogen) atoms. The quantitative estimate of drug-likeness (QED) is 0.497. The van der Waals surface area contributed by atoms with Gasteiger partial charge in [-0.2, -0.15) is 0 Å². The highest BCUT2D eigenvalue weighted by Crippen LogP contribution is 2.28. The first-order chi connectivity index (χ1) is 4.95. The Morgan fingerprint density at radius 1 is 1.20 bits per heavy atom. The fourth-order valence-corrected chi connectivity index (χ4v) is 1.46. The average molecular weight is 139 g/mol. The Bertz CT molecular complexity index is 91.6. The summed E-state index contributed by atoms with van der Waals surface area (Å²) >= 11 is 0. The van der Waals surface area contributed by atoms with Crippen molar-refractivity contribution in [3.8, 4) is 12.8 Å². The van der Waals surface area contributed by atoms with Crippen molar-refractivity contribution in [2.24, 2.45) is 0 Å². The Balaban J connectivity index is 0.000000180. The van der Waals surface area contributed by atoms with E-state index < -0.39 is 0 Å². The molecule has 2 heteroatoms. The molecule has 2 atom stereocenters. The van der Waals surface area contributed by atoms with E-state index in [0.29, 0.717) is 0 Å². The van der Waals surface area contributed by atoms with Crippen LogP contribution in [0.5, 0.6) is 0 Å². The molecule has 1 N–H and O–H groups in total. The third-order valence-corrected chi connectivity index (χ3v) is 1.90. The normalized spacial score (nSPS) is 31.8. The molecule has 0 amide bonds. The minimum absolute atomic E-state index is 0.940. The lowest BCUT2D eigenvalue weighted by Gasteiger charge is -2.24. The number of nitrogens with one attached hydrogen (secondary N) is 1. The molecule has 0 aromatic carbocycles. The van der Waals surface area contributed by atoms with Gasteiger partial charge >= 0.3 is 0 Å². The maximum atomic E-state index is 8.00. The van der Waals surface area contributed by atoms with E-state index in [9.17, 15) is 0 Å². The second-order valence-corrected chi connectivity index (χ2v) is 2.37. The van der Waals surface area contributed by atoms with Crippen LogP contribution in [0.3, 0.4) is 0 Å². The zero-order valence-corrected chi connectivity index (χ0v) is 6.05. The van der Waals surface area contributed by atoms with Gasteiger partial charge in [-0.3, -0.25) is 0 Å².